The van der Waals surface area contributed by atoms with Crippen LogP contribution in [0.1, 0.15) is 43.0 Å². The molecule has 2 amide bonds. The lowest BCUT2D eigenvalue weighted by Gasteiger charge is -2.17. The van der Waals surface area contributed by atoms with Crippen LogP contribution in [0.2, 0.25) is 0 Å². The van der Waals surface area contributed by atoms with Gasteiger partial charge in [-0.25, -0.2) is 4.98 Å². The van der Waals surface area contributed by atoms with Crippen molar-refractivity contribution in [3.63, 3.8) is 0 Å². The van der Waals surface area contributed by atoms with Crippen molar-refractivity contribution in [3.05, 3.63) is 47.0 Å². The molecule has 2 aliphatic rings. The van der Waals surface area contributed by atoms with Crippen molar-refractivity contribution in [1.82, 2.24) is 10.3 Å². The van der Waals surface area contributed by atoms with Gasteiger partial charge in [0.2, 0.25) is 12.0 Å². The summed E-state index contributed by atoms with van der Waals surface area (Å²) in [5, 5.41) is 5.26. The summed E-state index contributed by atoms with van der Waals surface area (Å²) in [4.78, 5) is 42.9. The van der Waals surface area contributed by atoms with Gasteiger partial charge in [-0.05, 0) is 19.3 Å². The van der Waals surface area contributed by atoms with Gasteiger partial charge in [0.25, 0.3) is 5.91 Å². The van der Waals surface area contributed by atoms with E-state index in [4.69, 9.17) is 4.74 Å². The number of benzene rings is 1. The van der Waals surface area contributed by atoms with Gasteiger partial charge in [0.05, 0.1) is 12.1 Å². The molecule has 1 aromatic carbocycles. The predicted octanol–water partition coefficient (Wildman–Crippen LogP) is 2.38. The molecule has 1 atom stereocenters. The molecule has 0 unspecified atom stereocenters. The van der Waals surface area contributed by atoms with Crippen LogP contribution >= 0.6 is 11.3 Å². The molecule has 1 N–H and O–H groups in total. The minimum absolute atomic E-state index is 0.0431. The number of nitrogens with one attached hydrogen (secondary N) is 1. The van der Waals surface area contributed by atoms with Gasteiger partial charge in [0, 0.05) is 30.0 Å². The Labute approximate surface area is 166 Å². The Morgan fingerprint density at radius 3 is 2.75 bits per heavy atom. The van der Waals surface area contributed by atoms with E-state index in [1.54, 1.807) is 34.5 Å². The van der Waals surface area contributed by atoms with Crippen LogP contribution in [0.4, 0.5) is 5.13 Å². The molecule has 0 spiro atoms. The summed E-state index contributed by atoms with van der Waals surface area (Å²) < 4.78 is 5.52. The zero-order chi connectivity index (χ0) is 19.5. The first kappa shape index (κ1) is 18.6. The van der Waals surface area contributed by atoms with E-state index in [0.717, 1.165) is 19.3 Å². The number of esters is 1. The number of anilines is 1. The Morgan fingerprint density at radius 1 is 1.29 bits per heavy atom. The first-order chi connectivity index (χ1) is 13.6. The van der Waals surface area contributed by atoms with Crippen LogP contribution in [-0.2, 0) is 25.5 Å². The standard InChI is InChI=1S/C20H21N3O4S/c24-16-7-4-10-23(16)20-22-15(12-28-20)11-17(25)27-18(13-5-2-1-3-6-13)19(26)21-14-8-9-14/h1-3,5-6,12,14,18H,4,7-11H2,(H,21,26)/t18-/m1/s1. The maximum absolute atomic E-state index is 12.6. The summed E-state index contributed by atoms with van der Waals surface area (Å²) in [5.74, 6) is -0.766. The van der Waals surface area contributed by atoms with Crippen molar-refractivity contribution < 1.29 is 19.1 Å². The highest BCUT2D eigenvalue weighted by atomic mass is 32.1. The molecule has 1 saturated heterocycles. The lowest BCUT2D eigenvalue weighted by atomic mass is 10.1. The van der Waals surface area contributed by atoms with Gasteiger partial charge >= 0.3 is 5.97 Å². The largest absolute Gasteiger partial charge is 0.447 e. The molecule has 4 rings (SSSR count). The minimum Gasteiger partial charge on any atom is -0.447 e. The third-order valence-electron chi connectivity index (χ3n) is 4.68. The average molecular weight is 399 g/mol. The van der Waals surface area contributed by atoms with Crippen molar-refractivity contribution in [2.75, 3.05) is 11.4 Å². The third-order valence-corrected chi connectivity index (χ3v) is 5.60. The second-order valence-corrected chi connectivity index (χ2v) is 7.85. The van der Waals surface area contributed by atoms with Crippen LogP contribution in [0.3, 0.4) is 0 Å². The molecule has 2 heterocycles. The van der Waals surface area contributed by atoms with Gasteiger partial charge < -0.3 is 10.1 Å². The van der Waals surface area contributed by atoms with Crippen molar-refractivity contribution in [3.8, 4) is 0 Å². The number of nitrogens with zero attached hydrogens (tertiary/aromatic N) is 2. The quantitative estimate of drug-likeness (QED) is 0.722. The Hall–Kier alpha value is -2.74. The first-order valence-corrected chi connectivity index (χ1v) is 10.3. The molecule has 0 radical (unpaired) electrons. The maximum atomic E-state index is 12.6. The number of aromatic nitrogens is 1. The van der Waals surface area contributed by atoms with Crippen LogP contribution in [0, 0.1) is 0 Å². The van der Waals surface area contributed by atoms with Crippen molar-refractivity contribution >= 4 is 34.3 Å². The molecule has 8 heteroatoms. The lowest BCUT2D eigenvalue weighted by molar-refractivity contribution is -0.156. The summed E-state index contributed by atoms with van der Waals surface area (Å²) in [6.45, 7) is 0.660. The number of hydrogen-bond donors (Lipinski definition) is 1. The number of carbonyl (C=O) groups excluding carboxylic acids is 3. The van der Waals surface area contributed by atoms with E-state index in [1.807, 2.05) is 6.07 Å². The molecule has 1 aliphatic heterocycles. The Balaban J connectivity index is 1.42. The second kappa shape index (κ2) is 8.10. The number of amides is 2. The van der Waals surface area contributed by atoms with Crippen LogP contribution < -0.4 is 10.2 Å². The molecule has 2 fully saturated rings. The van der Waals surface area contributed by atoms with Crippen molar-refractivity contribution in [2.45, 2.75) is 44.2 Å². The number of thiazole rings is 1. The summed E-state index contributed by atoms with van der Waals surface area (Å²) >= 11 is 1.34. The van der Waals surface area contributed by atoms with E-state index in [0.29, 0.717) is 29.4 Å². The van der Waals surface area contributed by atoms with Crippen LogP contribution in [-0.4, -0.2) is 35.4 Å². The van der Waals surface area contributed by atoms with Gasteiger partial charge in [-0.3, -0.25) is 19.3 Å². The van der Waals surface area contributed by atoms with Gasteiger partial charge in [-0.2, -0.15) is 0 Å². The molecular weight excluding hydrogens is 378 g/mol. The van der Waals surface area contributed by atoms with E-state index in [-0.39, 0.29) is 24.3 Å². The van der Waals surface area contributed by atoms with E-state index < -0.39 is 12.1 Å². The fourth-order valence-electron chi connectivity index (χ4n) is 3.08. The average Bonchev–Trinajstić information content (AvgIpc) is 3.21. The number of hydrogen-bond acceptors (Lipinski definition) is 6. The Bertz CT molecular complexity index is 879. The van der Waals surface area contributed by atoms with Gasteiger partial charge in [0.1, 0.15) is 0 Å². The topological polar surface area (TPSA) is 88.6 Å². The summed E-state index contributed by atoms with van der Waals surface area (Å²) in [6, 6.07) is 9.17. The summed E-state index contributed by atoms with van der Waals surface area (Å²) in [6.07, 6.45) is 2.25. The van der Waals surface area contributed by atoms with Crippen LogP contribution in [0.25, 0.3) is 0 Å². The summed E-state index contributed by atoms with van der Waals surface area (Å²) in [7, 11) is 0. The molecule has 7 nitrogen and oxygen atoms in total. The monoisotopic (exact) mass is 399 g/mol. The second-order valence-electron chi connectivity index (χ2n) is 7.01. The molecule has 0 bridgehead atoms. The number of carbonyl (C=O) groups is 3. The lowest BCUT2D eigenvalue weighted by Crippen LogP contribution is -2.33. The predicted molar refractivity (Wildman–Crippen MR) is 104 cm³/mol. The Kier molecular flexibility index (Phi) is 5.38. The van der Waals surface area contributed by atoms with Gasteiger partial charge in [-0.1, -0.05) is 30.3 Å². The zero-order valence-electron chi connectivity index (χ0n) is 15.3. The highest BCUT2D eigenvalue weighted by Crippen LogP contribution is 2.27. The number of rotatable bonds is 7. The van der Waals surface area contributed by atoms with Gasteiger partial charge in [0.15, 0.2) is 5.13 Å². The number of ether oxygens (including phenoxy) is 1. The van der Waals surface area contributed by atoms with Crippen LogP contribution in [0.15, 0.2) is 35.7 Å². The zero-order valence-corrected chi connectivity index (χ0v) is 16.1. The fourth-order valence-corrected chi connectivity index (χ4v) is 3.95. The van der Waals surface area contributed by atoms with E-state index in [1.165, 1.54) is 11.3 Å². The molecule has 1 aromatic heterocycles. The molecular formula is C20H21N3O4S. The summed E-state index contributed by atoms with van der Waals surface area (Å²) in [5.41, 5.74) is 1.18. The molecule has 28 heavy (non-hydrogen) atoms. The molecule has 2 aromatic rings. The van der Waals surface area contributed by atoms with E-state index in [2.05, 4.69) is 10.3 Å². The molecule has 1 saturated carbocycles. The van der Waals surface area contributed by atoms with E-state index >= 15 is 0 Å². The molecule has 146 valence electrons. The highest BCUT2D eigenvalue weighted by Gasteiger charge is 2.31. The van der Waals surface area contributed by atoms with Crippen molar-refractivity contribution in [1.29, 1.82) is 0 Å². The molecule has 1 aliphatic carbocycles. The van der Waals surface area contributed by atoms with E-state index in [9.17, 15) is 14.4 Å². The smallest absolute Gasteiger partial charge is 0.313 e. The van der Waals surface area contributed by atoms with Crippen molar-refractivity contribution in [2.24, 2.45) is 0 Å². The normalized spacial score (nSPS) is 17.4. The van der Waals surface area contributed by atoms with Crippen LogP contribution in [0.5, 0.6) is 0 Å². The highest BCUT2D eigenvalue weighted by molar-refractivity contribution is 7.14. The third kappa shape index (κ3) is 4.39. The van der Waals surface area contributed by atoms with Gasteiger partial charge in [-0.15, -0.1) is 11.3 Å². The fraction of sp³-hybridized carbons (Fsp3) is 0.400. The maximum Gasteiger partial charge on any atom is 0.313 e. The first-order valence-electron chi connectivity index (χ1n) is 9.40. The minimum atomic E-state index is -0.979. The SMILES string of the molecule is O=C(Cc1csc(N2CCCC2=O)n1)O[C@@H](C(=O)NC1CC1)c1ccccc1. The Morgan fingerprint density at radius 2 is 2.07 bits per heavy atom.